The van der Waals surface area contributed by atoms with E-state index >= 15 is 0 Å². The molecule has 0 saturated carbocycles. The minimum Gasteiger partial charge on any atom is -0.465 e. The summed E-state index contributed by atoms with van der Waals surface area (Å²) in [6, 6.07) is 5.50. The number of aromatic amines is 1. The number of nitrogens with zero attached hydrogens (tertiary/aromatic N) is 5. The maximum Gasteiger partial charge on any atom is 0.327 e. The molecule has 1 unspecified atom stereocenters. The van der Waals surface area contributed by atoms with Crippen molar-refractivity contribution in [2.24, 2.45) is 0 Å². The van der Waals surface area contributed by atoms with Gasteiger partial charge in [-0.2, -0.15) is 0 Å². The van der Waals surface area contributed by atoms with Gasteiger partial charge >= 0.3 is 5.97 Å². The third kappa shape index (κ3) is 4.87. The van der Waals surface area contributed by atoms with Crippen LogP contribution in [0.15, 0.2) is 23.0 Å². The number of pyridine rings is 1. The number of carbonyl (C=O) groups is 1. The highest BCUT2D eigenvalue weighted by Gasteiger charge is 2.23. The zero-order valence-electron chi connectivity index (χ0n) is 18.9. The van der Waals surface area contributed by atoms with Crippen LogP contribution in [-0.4, -0.2) is 68.7 Å². The largest absolute Gasteiger partial charge is 0.465 e. The first-order valence-electron chi connectivity index (χ1n) is 11.3. The van der Waals surface area contributed by atoms with Crippen molar-refractivity contribution in [3.63, 3.8) is 0 Å². The van der Waals surface area contributed by atoms with Crippen molar-refractivity contribution in [2.75, 3.05) is 26.6 Å². The average molecular weight is 470 g/mol. The summed E-state index contributed by atoms with van der Waals surface area (Å²) in [6.07, 6.45) is 2.01. The lowest BCUT2D eigenvalue weighted by Gasteiger charge is -2.24. The Bertz CT molecular complexity index is 1230. The number of H-pyrrole nitrogens is 1. The summed E-state index contributed by atoms with van der Waals surface area (Å²) in [5.41, 5.74) is 1.09. The molecule has 180 valence electrons. The van der Waals surface area contributed by atoms with Gasteiger partial charge in [0.05, 0.1) is 24.8 Å². The van der Waals surface area contributed by atoms with E-state index in [1.165, 1.54) is 4.68 Å². The summed E-state index contributed by atoms with van der Waals surface area (Å²) in [5, 5.41) is 12.6. The van der Waals surface area contributed by atoms with Crippen LogP contribution in [0, 0.1) is 0 Å². The molecular formula is C22H26N6O6. The molecule has 3 aromatic rings. The molecule has 34 heavy (non-hydrogen) atoms. The number of carbonyl (C=O) groups excluding carboxylic acids is 1. The number of benzene rings is 1. The van der Waals surface area contributed by atoms with E-state index in [2.05, 4.69) is 25.4 Å². The van der Waals surface area contributed by atoms with Crippen LogP contribution in [-0.2, 0) is 33.9 Å². The molecule has 2 aliphatic heterocycles. The Morgan fingerprint density at radius 1 is 1.26 bits per heavy atom. The Balaban J connectivity index is 1.39. The molecule has 0 aliphatic carbocycles. The number of hydrogen-bond acceptors (Lipinski definition) is 10. The summed E-state index contributed by atoms with van der Waals surface area (Å²) in [7, 11) is 0. The molecule has 12 nitrogen and oxygen atoms in total. The molecule has 0 amide bonds. The van der Waals surface area contributed by atoms with Gasteiger partial charge in [-0.3, -0.25) is 14.5 Å². The lowest BCUT2D eigenvalue weighted by Crippen LogP contribution is -2.34. The smallest absolute Gasteiger partial charge is 0.327 e. The highest BCUT2D eigenvalue weighted by molar-refractivity contribution is 5.83. The molecule has 1 N–H and O–H groups in total. The highest BCUT2D eigenvalue weighted by atomic mass is 16.7. The van der Waals surface area contributed by atoms with Gasteiger partial charge < -0.3 is 23.9 Å². The number of ether oxygens (including phenoxy) is 4. The van der Waals surface area contributed by atoms with Crippen molar-refractivity contribution in [2.45, 2.75) is 45.5 Å². The predicted molar refractivity (Wildman–Crippen MR) is 118 cm³/mol. The van der Waals surface area contributed by atoms with Gasteiger partial charge in [0.25, 0.3) is 5.56 Å². The second-order valence-electron chi connectivity index (χ2n) is 8.28. The molecule has 1 aromatic carbocycles. The maximum absolute atomic E-state index is 12.9. The molecule has 0 bridgehead atoms. The zero-order chi connectivity index (χ0) is 23.5. The van der Waals surface area contributed by atoms with Crippen LogP contribution >= 0.6 is 0 Å². The molecule has 4 heterocycles. The molecule has 2 aliphatic rings. The third-order valence-electron chi connectivity index (χ3n) is 5.85. The second kappa shape index (κ2) is 9.77. The second-order valence-corrected chi connectivity index (χ2v) is 8.28. The van der Waals surface area contributed by atoms with Crippen molar-refractivity contribution >= 4 is 16.9 Å². The first-order chi connectivity index (χ1) is 16.6. The van der Waals surface area contributed by atoms with Crippen LogP contribution in [0.5, 0.6) is 11.5 Å². The van der Waals surface area contributed by atoms with Crippen LogP contribution in [0.4, 0.5) is 0 Å². The SMILES string of the molecule is CCOC(=O)Cn1nnnc1CN(Cc1cc2cc3c(cc2[nH]c1=O)OCO3)CC1CCCO1. The molecule has 2 aromatic heterocycles. The molecule has 1 atom stereocenters. The van der Waals surface area contributed by atoms with Gasteiger partial charge in [-0.1, -0.05) is 0 Å². The van der Waals surface area contributed by atoms with Gasteiger partial charge in [-0.25, -0.2) is 4.68 Å². The summed E-state index contributed by atoms with van der Waals surface area (Å²) >= 11 is 0. The fraction of sp³-hybridized carbons (Fsp3) is 0.500. The summed E-state index contributed by atoms with van der Waals surface area (Å²) in [6.45, 7) is 4.14. The molecule has 1 fully saturated rings. The van der Waals surface area contributed by atoms with Crippen molar-refractivity contribution < 1.29 is 23.7 Å². The lowest BCUT2D eigenvalue weighted by molar-refractivity contribution is -0.144. The van der Waals surface area contributed by atoms with Crippen LogP contribution in [0.2, 0.25) is 0 Å². The van der Waals surface area contributed by atoms with Crippen LogP contribution in [0.1, 0.15) is 31.2 Å². The fourth-order valence-electron chi connectivity index (χ4n) is 4.25. The Kier molecular flexibility index (Phi) is 6.41. The topological polar surface area (TPSA) is 134 Å². The molecule has 12 heteroatoms. The normalized spacial score (nSPS) is 17.1. The summed E-state index contributed by atoms with van der Waals surface area (Å²) in [4.78, 5) is 29.8. The van der Waals surface area contributed by atoms with Gasteiger partial charge in [0, 0.05) is 36.7 Å². The standard InChI is InChI=1S/C22H26N6O6/c1-2-31-21(29)12-28-20(24-25-26-28)11-27(10-16-4-3-5-32-16)9-15-6-14-7-18-19(34-13-33-18)8-17(14)23-22(15)30/h6-8,16H,2-5,9-13H2,1H3,(H,23,30). The van der Waals surface area contributed by atoms with Crippen LogP contribution < -0.4 is 15.0 Å². The number of rotatable bonds is 9. The molecule has 5 rings (SSSR count). The Morgan fingerprint density at radius 3 is 2.91 bits per heavy atom. The van der Waals surface area contributed by atoms with Crippen LogP contribution in [0.25, 0.3) is 10.9 Å². The van der Waals surface area contributed by atoms with E-state index in [1.807, 2.05) is 12.1 Å². The monoisotopic (exact) mass is 470 g/mol. The molecular weight excluding hydrogens is 444 g/mol. The van der Waals surface area contributed by atoms with Crippen molar-refractivity contribution in [1.29, 1.82) is 0 Å². The zero-order valence-corrected chi connectivity index (χ0v) is 18.9. The van der Waals surface area contributed by atoms with E-state index in [4.69, 9.17) is 18.9 Å². The highest BCUT2D eigenvalue weighted by Crippen LogP contribution is 2.35. The minimum absolute atomic E-state index is 0.0581. The van der Waals surface area contributed by atoms with E-state index in [0.717, 1.165) is 24.8 Å². The number of esters is 1. The van der Waals surface area contributed by atoms with Gasteiger partial charge in [-0.15, -0.1) is 5.10 Å². The van der Waals surface area contributed by atoms with E-state index in [0.29, 0.717) is 48.0 Å². The first kappa shape index (κ1) is 22.3. The lowest BCUT2D eigenvalue weighted by atomic mass is 10.1. The number of fused-ring (bicyclic) bond motifs is 2. The minimum atomic E-state index is -0.411. The first-order valence-corrected chi connectivity index (χ1v) is 11.3. The molecule has 0 radical (unpaired) electrons. The van der Waals surface area contributed by atoms with Gasteiger partial charge in [0.1, 0.15) is 6.54 Å². The van der Waals surface area contributed by atoms with Crippen molar-refractivity contribution in [3.05, 3.63) is 39.9 Å². The van der Waals surface area contributed by atoms with Crippen molar-refractivity contribution in [3.8, 4) is 11.5 Å². The predicted octanol–water partition coefficient (Wildman–Crippen LogP) is 0.988. The fourth-order valence-corrected chi connectivity index (χ4v) is 4.25. The number of hydrogen-bond donors (Lipinski definition) is 1. The molecule has 0 spiro atoms. The van der Waals surface area contributed by atoms with E-state index in [1.54, 1.807) is 13.0 Å². The Morgan fingerprint density at radius 2 is 2.12 bits per heavy atom. The summed E-state index contributed by atoms with van der Waals surface area (Å²) < 4.78 is 23.1. The van der Waals surface area contributed by atoms with Crippen LogP contribution in [0.3, 0.4) is 0 Å². The number of aromatic nitrogens is 5. The maximum atomic E-state index is 12.9. The molecule has 1 saturated heterocycles. The van der Waals surface area contributed by atoms with Gasteiger partial charge in [0.2, 0.25) is 6.79 Å². The van der Waals surface area contributed by atoms with E-state index in [-0.39, 0.29) is 31.6 Å². The number of nitrogens with one attached hydrogen (secondary N) is 1. The van der Waals surface area contributed by atoms with E-state index in [9.17, 15) is 9.59 Å². The average Bonchev–Trinajstić information content (AvgIpc) is 3.56. The van der Waals surface area contributed by atoms with Gasteiger partial charge in [-0.05, 0) is 42.3 Å². The number of tetrazole rings is 1. The Hall–Kier alpha value is -3.51. The van der Waals surface area contributed by atoms with Crippen molar-refractivity contribution in [1.82, 2.24) is 30.1 Å². The quantitative estimate of drug-likeness (QED) is 0.451. The van der Waals surface area contributed by atoms with E-state index < -0.39 is 5.97 Å². The third-order valence-corrected chi connectivity index (χ3v) is 5.85. The summed E-state index contributed by atoms with van der Waals surface area (Å²) in [5.74, 6) is 1.36. The Labute approximate surface area is 194 Å². The van der Waals surface area contributed by atoms with Gasteiger partial charge in [0.15, 0.2) is 17.3 Å².